The maximum absolute atomic E-state index is 12.7. The van der Waals surface area contributed by atoms with Gasteiger partial charge in [0.05, 0.1) is 26.4 Å². The molecule has 0 saturated heterocycles. The lowest BCUT2D eigenvalue weighted by Gasteiger charge is -2.16. The van der Waals surface area contributed by atoms with Gasteiger partial charge >= 0.3 is 11.9 Å². The number of benzene rings is 1. The predicted octanol–water partition coefficient (Wildman–Crippen LogP) is 4.10. The molecule has 1 aliphatic heterocycles. The van der Waals surface area contributed by atoms with Crippen molar-refractivity contribution in [3.8, 4) is 11.5 Å². The van der Waals surface area contributed by atoms with E-state index in [0.29, 0.717) is 39.8 Å². The predicted molar refractivity (Wildman–Crippen MR) is 108 cm³/mol. The molecule has 0 fully saturated rings. The van der Waals surface area contributed by atoms with Gasteiger partial charge in [0.2, 0.25) is 6.23 Å². The lowest BCUT2D eigenvalue weighted by atomic mass is 9.95. The Bertz CT molecular complexity index is 967. The highest BCUT2D eigenvalue weighted by Crippen LogP contribution is 2.45. The van der Waals surface area contributed by atoms with Crippen molar-refractivity contribution in [1.29, 1.82) is 0 Å². The Hall–Kier alpha value is -2.74. The lowest BCUT2D eigenvalue weighted by molar-refractivity contribution is 0.0435. The number of rotatable bonds is 6. The molecular formula is C21H23NO6S. The molecule has 1 aromatic carbocycles. The number of carbonyl (C=O) groups excluding carboxylic acids is 2. The van der Waals surface area contributed by atoms with E-state index >= 15 is 0 Å². The SMILES string of the molecule is CCOC(=O)c1c(NC2OC(=O)c3c2ccc(OC)c3OC)sc2c1CCCC2. The zero-order valence-electron chi connectivity index (χ0n) is 16.6. The van der Waals surface area contributed by atoms with Crippen LogP contribution < -0.4 is 14.8 Å². The molecule has 4 rings (SSSR count). The molecule has 1 atom stereocenters. The van der Waals surface area contributed by atoms with Crippen LogP contribution >= 0.6 is 11.3 Å². The molecule has 0 amide bonds. The second kappa shape index (κ2) is 7.94. The van der Waals surface area contributed by atoms with E-state index in [9.17, 15) is 9.59 Å². The van der Waals surface area contributed by atoms with E-state index in [1.54, 1.807) is 19.1 Å². The molecule has 0 radical (unpaired) electrons. The summed E-state index contributed by atoms with van der Waals surface area (Å²) >= 11 is 1.54. The number of esters is 2. The van der Waals surface area contributed by atoms with E-state index in [0.717, 1.165) is 31.2 Å². The Morgan fingerprint density at radius 2 is 2.03 bits per heavy atom. The Labute approximate surface area is 172 Å². The molecule has 0 spiro atoms. The van der Waals surface area contributed by atoms with Crippen molar-refractivity contribution in [1.82, 2.24) is 0 Å². The summed E-state index contributed by atoms with van der Waals surface area (Å²) in [6.07, 6.45) is 3.24. The number of carbonyl (C=O) groups is 2. The topological polar surface area (TPSA) is 83.1 Å². The lowest BCUT2D eigenvalue weighted by Crippen LogP contribution is -2.14. The van der Waals surface area contributed by atoms with Crippen molar-refractivity contribution >= 4 is 28.3 Å². The number of nitrogens with one attached hydrogen (secondary N) is 1. The fourth-order valence-corrected chi connectivity index (χ4v) is 5.21. The van der Waals surface area contributed by atoms with Crippen LogP contribution in [0, 0.1) is 0 Å². The normalized spacial score (nSPS) is 17.2. The molecule has 2 heterocycles. The number of ether oxygens (including phenoxy) is 4. The molecule has 7 nitrogen and oxygen atoms in total. The van der Waals surface area contributed by atoms with Gasteiger partial charge in [-0.25, -0.2) is 9.59 Å². The van der Waals surface area contributed by atoms with E-state index in [4.69, 9.17) is 18.9 Å². The number of methoxy groups -OCH3 is 2. The smallest absolute Gasteiger partial charge is 0.344 e. The standard InChI is InChI=1S/C21H23NO6S/c1-4-27-20(23)16-11-7-5-6-8-14(11)29-19(16)22-18-12-9-10-13(25-2)17(26-3)15(12)21(24)28-18/h9-10,18,22H,4-8H2,1-3H3. The van der Waals surface area contributed by atoms with Gasteiger partial charge in [-0.05, 0) is 50.3 Å². The monoisotopic (exact) mass is 417 g/mol. The summed E-state index contributed by atoms with van der Waals surface area (Å²) in [5.41, 5.74) is 2.60. The average Bonchev–Trinajstić information content (AvgIpc) is 3.25. The highest BCUT2D eigenvalue weighted by atomic mass is 32.1. The van der Waals surface area contributed by atoms with Gasteiger partial charge in [-0.1, -0.05) is 0 Å². The highest BCUT2D eigenvalue weighted by molar-refractivity contribution is 7.16. The van der Waals surface area contributed by atoms with Gasteiger partial charge in [-0.2, -0.15) is 0 Å². The van der Waals surface area contributed by atoms with E-state index in [1.807, 2.05) is 0 Å². The summed E-state index contributed by atoms with van der Waals surface area (Å²) in [5, 5.41) is 3.94. The molecule has 1 aromatic heterocycles. The molecule has 29 heavy (non-hydrogen) atoms. The number of hydrogen-bond acceptors (Lipinski definition) is 8. The van der Waals surface area contributed by atoms with Crippen molar-refractivity contribution in [2.24, 2.45) is 0 Å². The molecule has 8 heteroatoms. The van der Waals surface area contributed by atoms with Crippen LogP contribution in [-0.4, -0.2) is 32.8 Å². The van der Waals surface area contributed by atoms with E-state index in [-0.39, 0.29) is 5.97 Å². The Kier molecular flexibility index (Phi) is 5.36. The van der Waals surface area contributed by atoms with Crippen molar-refractivity contribution in [3.63, 3.8) is 0 Å². The fourth-order valence-electron chi connectivity index (χ4n) is 3.91. The van der Waals surface area contributed by atoms with E-state index in [1.165, 1.54) is 30.4 Å². The minimum Gasteiger partial charge on any atom is -0.493 e. The molecule has 2 aliphatic rings. The third-order valence-electron chi connectivity index (χ3n) is 5.20. The molecular weight excluding hydrogens is 394 g/mol. The van der Waals surface area contributed by atoms with Crippen LogP contribution in [-0.2, 0) is 22.3 Å². The van der Waals surface area contributed by atoms with E-state index < -0.39 is 12.2 Å². The second-order valence-corrected chi connectivity index (χ2v) is 7.94. The third kappa shape index (κ3) is 3.31. The quantitative estimate of drug-likeness (QED) is 0.709. The Morgan fingerprint density at radius 1 is 1.24 bits per heavy atom. The maximum Gasteiger partial charge on any atom is 0.344 e. The Morgan fingerprint density at radius 3 is 2.76 bits per heavy atom. The van der Waals surface area contributed by atoms with Gasteiger partial charge in [0.25, 0.3) is 0 Å². The van der Waals surface area contributed by atoms with E-state index in [2.05, 4.69) is 5.32 Å². The van der Waals surface area contributed by atoms with Gasteiger partial charge in [-0.3, -0.25) is 0 Å². The second-order valence-electron chi connectivity index (χ2n) is 6.83. The summed E-state index contributed by atoms with van der Waals surface area (Å²) in [6, 6.07) is 3.51. The zero-order chi connectivity index (χ0) is 20.5. The van der Waals surface area contributed by atoms with Crippen molar-refractivity contribution in [2.75, 3.05) is 26.1 Å². The number of cyclic esters (lactones) is 1. The van der Waals surface area contributed by atoms with Gasteiger partial charge in [0.15, 0.2) is 11.5 Å². The molecule has 1 N–H and O–H groups in total. The first-order chi connectivity index (χ1) is 14.1. The number of thiophene rings is 1. The van der Waals surface area contributed by atoms with Crippen LogP contribution in [0.1, 0.15) is 62.7 Å². The molecule has 1 aliphatic carbocycles. The van der Waals surface area contributed by atoms with Crippen LogP contribution in [0.3, 0.4) is 0 Å². The number of hydrogen-bond donors (Lipinski definition) is 1. The first kappa shape index (κ1) is 19.6. The van der Waals surface area contributed by atoms with Crippen molar-refractivity contribution in [3.05, 3.63) is 39.3 Å². The first-order valence-electron chi connectivity index (χ1n) is 9.63. The summed E-state index contributed by atoms with van der Waals surface area (Å²) < 4.78 is 21.5. The zero-order valence-corrected chi connectivity index (χ0v) is 17.4. The molecule has 1 unspecified atom stereocenters. The minimum atomic E-state index is -0.717. The largest absolute Gasteiger partial charge is 0.493 e. The minimum absolute atomic E-state index is 0.307. The summed E-state index contributed by atoms with van der Waals surface area (Å²) in [7, 11) is 3.00. The van der Waals surface area contributed by atoms with Gasteiger partial charge in [-0.15, -0.1) is 11.3 Å². The summed E-state index contributed by atoms with van der Waals surface area (Å²) in [6.45, 7) is 2.10. The fraction of sp³-hybridized carbons (Fsp3) is 0.429. The number of aryl methyl sites for hydroxylation is 1. The van der Waals surface area contributed by atoms with Crippen LogP contribution in [0.25, 0.3) is 0 Å². The molecule has 2 aromatic rings. The van der Waals surface area contributed by atoms with Crippen LogP contribution in [0.2, 0.25) is 0 Å². The average molecular weight is 417 g/mol. The summed E-state index contributed by atoms with van der Waals surface area (Å²) in [5.74, 6) is -0.0310. The highest BCUT2D eigenvalue weighted by Gasteiger charge is 2.37. The Balaban J connectivity index is 1.72. The van der Waals surface area contributed by atoms with Crippen molar-refractivity contribution < 1.29 is 28.5 Å². The van der Waals surface area contributed by atoms with Crippen LogP contribution in [0.5, 0.6) is 11.5 Å². The maximum atomic E-state index is 12.7. The number of fused-ring (bicyclic) bond motifs is 2. The van der Waals surface area contributed by atoms with Gasteiger partial charge in [0, 0.05) is 10.4 Å². The van der Waals surface area contributed by atoms with Crippen LogP contribution in [0.15, 0.2) is 12.1 Å². The summed E-state index contributed by atoms with van der Waals surface area (Å²) in [4.78, 5) is 26.4. The molecule has 0 bridgehead atoms. The van der Waals surface area contributed by atoms with Crippen LogP contribution in [0.4, 0.5) is 5.00 Å². The first-order valence-corrected chi connectivity index (χ1v) is 10.4. The van der Waals surface area contributed by atoms with Gasteiger partial charge in [0.1, 0.15) is 10.6 Å². The van der Waals surface area contributed by atoms with Gasteiger partial charge < -0.3 is 24.3 Å². The number of anilines is 1. The molecule has 154 valence electrons. The van der Waals surface area contributed by atoms with Crippen molar-refractivity contribution in [2.45, 2.75) is 38.8 Å². The third-order valence-corrected chi connectivity index (χ3v) is 6.43. The molecule has 0 saturated carbocycles.